The molecule has 0 saturated carbocycles. The van der Waals surface area contributed by atoms with Crippen LogP contribution in [0.5, 0.6) is 0 Å². The van der Waals surface area contributed by atoms with E-state index in [0.29, 0.717) is 12.2 Å². The number of carboxylic acids is 1. The lowest BCUT2D eigenvalue weighted by Gasteiger charge is -2.10. The van der Waals surface area contributed by atoms with Gasteiger partial charge in [0.15, 0.2) is 0 Å². The van der Waals surface area contributed by atoms with Crippen molar-refractivity contribution >= 4 is 27.6 Å². The van der Waals surface area contributed by atoms with E-state index in [4.69, 9.17) is 5.11 Å². The number of hydrogen-bond acceptors (Lipinski definition) is 3. The third kappa shape index (κ3) is 3.36. The van der Waals surface area contributed by atoms with E-state index < -0.39 is 5.97 Å². The Hall–Kier alpha value is -1.88. The zero-order valence-electron chi connectivity index (χ0n) is 11.3. The molecule has 2 aromatic rings. The molecule has 0 fully saturated rings. The fourth-order valence-electron chi connectivity index (χ4n) is 1.94. The predicted molar refractivity (Wildman–Crippen MR) is 82.1 cm³/mol. The summed E-state index contributed by atoms with van der Waals surface area (Å²) in [6, 6.07) is 9.07. The molecule has 1 aromatic heterocycles. The largest absolute Gasteiger partial charge is 0.477 e. The number of nitrogens with one attached hydrogen (secondary N) is 1. The topological polar surface area (TPSA) is 62.2 Å². The monoisotopic (exact) mass is 334 g/mol. The van der Waals surface area contributed by atoms with Crippen molar-refractivity contribution in [2.24, 2.45) is 0 Å². The molecule has 4 nitrogen and oxygen atoms in total. The first kappa shape index (κ1) is 14.5. The van der Waals surface area contributed by atoms with Gasteiger partial charge in [0.1, 0.15) is 5.69 Å². The van der Waals surface area contributed by atoms with Gasteiger partial charge >= 0.3 is 5.97 Å². The molecule has 0 unspecified atom stereocenters. The van der Waals surface area contributed by atoms with Gasteiger partial charge in [-0.05, 0) is 49.2 Å². The van der Waals surface area contributed by atoms with Crippen LogP contribution in [0.15, 0.2) is 34.8 Å². The first-order chi connectivity index (χ1) is 9.47. The summed E-state index contributed by atoms with van der Waals surface area (Å²) < 4.78 is 1.11. The van der Waals surface area contributed by atoms with E-state index in [0.717, 1.165) is 21.3 Å². The van der Waals surface area contributed by atoms with E-state index in [1.807, 2.05) is 26.0 Å². The Morgan fingerprint density at radius 1 is 1.30 bits per heavy atom. The van der Waals surface area contributed by atoms with E-state index in [-0.39, 0.29) is 5.69 Å². The van der Waals surface area contributed by atoms with Crippen molar-refractivity contribution in [3.63, 3.8) is 0 Å². The number of rotatable bonds is 4. The van der Waals surface area contributed by atoms with Gasteiger partial charge in [0.05, 0.1) is 12.2 Å². The number of pyridine rings is 1. The first-order valence-electron chi connectivity index (χ1n) is 6.17. The molecule has 0 aliphatic heterocycles. The minimum atomic E-state index is -1.01. The maximum atomic E-state index is 10.9. The van der Waals surface area contributed by atoms with Crippen LogP contribution in [0.1, 0.15) is 27.3 Å². The summed E-state index contributed by atoms with van der Waals surface area (Å²) in [5.41, 5.74) is 4.06. The molecule has 0 aliphatic rings. The molecule has 2 N–H and O–H groups in total. The number of aromatic nitrogens is 1. The Balaban J connectivity index is 2.13. The third-order valence-electron chi connectivity index (χ3n) is 2.94. The quantitative estimate of drug-likeness (QED) is 0.893. The summed E-state index contributed by atoms with van der Waals surface area (Å²) in [4.78, 5) is 14.9. The molecule has 0 bridgehead atoms. The van der Waals surface area contributed by atoms with Crippen molar-refractivity contribution in [3.8, 4) is 0 Å². The number of aryl methyl sites for hydroxylation is 2. The van der Waals surface area contributed by atoms with Crippen LogP contribution in [0.4, 0.5) is 5.69 Å². The summed E-state index contributed by atoms with van der Waals surface area (Å²) in [6.07, 6.45) is 0. The van der Waals surface area contributed by atoms with Crippen molar-refractivity contribution in [2.75, 3.05) is 5.32 Å². The van der Waals surface area contributed by atoms with Crippen LogP contribution in [-0.4, -0.2) is 16.1 Å². The lowest BCUT2D eigenvalue weighted by atomic mass is 10.1. The highest BCUT2D eigenvalue weighted by atomic mass is 79.9. The van der Waals surface area contributed by atoms with Crippen molar-refractivity contribution in [3.05, 3.63) is 57.3 Å². The Labute approximate surface area is 126 Å². The van der Waals surface area contributed by atoms with Crippen molar-refractivity contribution in [1.82, 2.24) is 4.98 Å². The molecule has 20 heavy (non-hydrogen) atoms. The Kier molecular flexibility index (Phi) is 4.39. The molecular formula is C15H15BrN2O2. The molecule has 0 atom stereocenters. The van der Waals surface area contributed by atoms with Crippen molar-refractivity contribution < 1.29 is 9.90 Å². The number of carboxylic acid groups (broad SMARTS) is 1. The summed E-state index contributed by atoms with van der Waals surface area (Å²) in [5.74, 6) is -1.01. The maximum absolute atomic E-state index is 10.9. The molecule has 0 saturated heterocycles. The summed E-state index contributed by atoms with van der Waals surface area (Å²) in [7, 11) is 0. The SMILES string of the molecule is Cc1cc(NCc2cccc(C(=O)O)n2)cc(C)c1Br. The second kappa shape index (κ2) is 6.05. The van der Waals surface area contributed by atoms with Crippen LogP contribution in [0, 0.1) is 13.8 Å². The summed E-state index contributed by atoms with van der Waals surface area (Å²) in [5, 5.41) is 12.2. The van der Waals surface area contributed by atoms with Gasteiger partial charge in [-0.1, -0.05) is 22.0 Å². The Bertz CT molecular complexity index is 633. The zero-order valence-corrected chi connectivity index (χ0v) is 12.9. The highest BCUT2D eigenvalue weighted by Crippen LogP contribution is 2.25. The summed E-state index contributed by atoms with van der Waals surface area (Å²) in [6.45, 7) is 4.55. The van der Waals surface area contributed by atoms with Gasteiger partial charge in [-0.2, -0.15) is 0 Å². The van der Waals surface area contributed by atoms with Crippen LogP contribution in [-0.2, 0) is 6.54 Å². The number of carbonyl (C=O) groups is 1. The van der Waals surface area contributed by atoms with Crippen molar-refractivity contribution in [2.45, 2.75) is 20.4 Å². The minimum Gasteiger partial charge on any atom is -0.477 e. The number of nitrogens with zero attached hydrogens (tertiary/aromatic N) is 1. The second-order valence-corrected chi connectivity index (χ2v) is 5.39. The van der Waals surface area contributed by atoms with Crippen LogP contribution >= 0.6 is 15.9 Å². The summed E-state index contributed by atoms with van der Waals surface area (Å²) >= 11 is 3.53. The molecule has 0 spiro atoms. The van der Waals surface area contributed by atoms with Gasteiger partial charge in [0.2, 0.25) is 0 Å². The van der Waals surface area contributed by atoms with Crippen LogP contribution in [0.25, 0.3) is 0 Å². The standard InChI is InChI=1S/C15H15BrN2O2/c1-9-6-12(7-10(2)14(9)16)17-8-11-4-3-5-13(18-11)15(19)20/h3-7,17H,8H2,1-2H3,(H,19,20). The van der Waals surface area contributed by atoms with Gasteiger partial charge in [-0.3, -0.25) is 0 Å². The van der Waals surface area contributed by atoms with Crippen molar-refractivity contribution in [1.29, 1.82) is 0 Å². The van der Waals surface area contributed by atoms with Gasteiger partial charge in [0, 0.05) is 10.2 Å². The molecule has 104 valence electrons. The molecule has 5 heteroatoms. The normalized spacial score (nSPS) is 10.3. The molecule has 2 rings (SSSR count). The molecule has 0 amide bonds. The molecule has 1 aromatic carbocycles. The van der Waals surface area contributed by atoms with Crippen LogP contribution < -0.4 is 5.32 Å². The number of anilines is 1. The number of halogens is 1. The third-order valence-corrected chi connectivity index (χ3v) is 4.19. The first-order valence-corrected chi connectivity index (χ1v) is 6.96. The molecule has 0 aliphatic carbocycles. The van der Waals surface area contributed by atoms with Gasteiger partial charge < -0.3 is 10.4 Å². The van der Waals surface area contributed by atoms with Crippen LogP contribution in [0.3, 0.4) is 0 Å². The van der Waals surface area contributed by atoms with E-state index in [1.165, 1.54) is 6.07 Å². The lowest BCUT2D eigenvalue weighted by molar-refractivity contribution is 0.0690. The van der Waals surface area contributed by atoms with E-state index >= 15 is 0 Å². The Morgan fingerprint density at radius 3 is 2.55 bits per heavy atom. The fraction of sp³-hybridized carbons (Fsp3) is 0.200. The van der Waals surface area contributed by atoms with Gasteiger partial charge in [-0.15, -0.1) is 0 Å². The number of hydrogen-bond donors (Lipinski definition) is 2. The number of benzene rings is 1. The highest BCUT2D eigenvalue weighted by molar-refractivity contribution is 9.10. The van der Waals surface area contributed by atoms with Crippen LogP contribution in [0.2, 0.25) is 0 Å². The van der Waals surface area contributed by atoms with E-state index in [2.05, 4.69) is 26.2 Å². The van der Waals surface area contributed by atoms with E-state index in [1.54, 1.807) is 12.1 Å². The minimum absolute atomic E-state index is 0.0625. The second-order valence-electron chi connectivity index (χ2n) is 4.60. The fourth-order valence-corrected chi connectivity index (χ4v) is 2.17. The zero-order chi connectivity index (χ0) is 14.7. The molecule has 1 heterocycles. The molecule has 0 radical (unpaired) electrons. The molecular weight excluding hydrogens is 320 g/mol. The highest BCUT2D eigenvalue weighted by Gasteiger charge is 2.06. The number of aromatic carboxylic acids is 1. The van der Waals surface area contributed by atoms with Gasteiger partial charge in [0.25, 0.3) is 0 Å². The average molecular weight is 335 g/mol. The van der Waals surface area contributed by atoms with E-state index in [9.17, 15) is 4.79 Å². The smallest absolute Gasteiger partial charge is 0.354 e. The average Bonchev–Trinajstić information content (AvgIpc) is 2.42. The maximum Gasteiger partial charge on any atom is 0.354 e. The Morgan fingerprint density at radius 2 is 1.95 bits per heavy atom. The predicted octanol–water partition coefficient (Wildman–Crippen LogP) is 3.77. The lowest BCUT2D eigenvalue weighted by Crippen LogP contribution is -2.06. The van der Waals surface area contributed by atoms with Gasteiger partial charge in [-0.25, -0.2) is 9.78 Å².